The molecule has 140 valence electrons. The van der Waals surface area contributed by atoms with Crippen LogP contribution in [0.5, 0.6) is 0 Å². The Labute approximate surface area is 161 Å². The molecule has 0 bridgehead atoms. The van der Waals surface area contributed by atoms with E-state index in [9.17, 15) is 0 Å². The van der Waals surface area contributed by atoms with Gasteiger partial charge in [0.05, 0.1) is 6.61 Å². The normalized spacial score (nSPS) is 12.2. The minimum absolute atomic E-state index is 0. The largest absolute Gasteiger partial charge is 0.380 e. The van der Waals surface area contributed by atoms with Gasteiger partial charge in [0.15, 0.2) is 5.96 Å². The van der Waals surface area contributed by atoms with Gasteiger partial charge in [-0.1, -0.05) is 13.8 Å². The summed E-state index contributed by atoms with van der Waals surface area (Å²) in [6, 6.07) is 1.12. The number of ether oxygens (including phenoxy) is 1. The predicted molar refractivity (Wildman–Crippen MR) is 112 cm³/mol. The number of halogens is 1. The SMILES string of the molecule is CN=C(NCCOCCC(C)C)NCCN(C(C)C)C(C)C.I. The van der Waals surface area contributed by atoms with E-state index >= 15 is 0 Å². The van der Waals surface area contributed by atoms with Crippen LogP contribution in [-0.2, 0) is 4.74 Å². The molecule has 0 aromatic heterocycles. The highest BCUT2D eigenvalue weighted by atomic mass is 127. The van der Waals surface area contributed by atoms with Crippen molar-refractivity contribution in [3.8, 4) is 0 Å². The fourth-order valence-electron chi connectivity index (χ4n) is 2.30. The number of nitrogens with zero attached hydrogens (tertiary/aromatic N) is 2. The number of aliphatic imine (C=N–C) groups is 1. The van der Waals surface area contributed by atoms with Crippen LogP contribution >= 0.6 is 24.0 Å². The predicted octanol–water partition coefficient (Wildman–Crippen LogP) is 2.95. The van der Waals surface area contributed by atoms with E-state index in [1.165, 1.54) is 0 Å². The lowest BCUT2D eigenvalue weighted by Gasteiger charge is -2.30. The fraction of sp³-hybridized carbons (Fsp3) is 0.941. The van der Waals surface area contributed by atoms with Gasteiger partial charge in [0.1, 0.15) is 0 Å². The molecule has 0 atom stereocenters. The molecule has 0 spiro atoms. The zero-order valence-electron chi connectivity index (χ0n) is 16.2. The maximum Gasteiger partial charge on any atom is 0.191 e. The molecule has 0 rings (SSSR count). The van der Waals surface area contributed by atoms with Crippen molar-refractivity contribution in [2.75, 3.05) is 39.9 Å². The van der Waals surface area contributed by atoms with E-state index in [1.807, 2.05) is 0 Å². The summed E-state index contributed by atoms with van der Waals surface area (Å²) in [6.07, 6.45) is 1.12. The first-order chi connectivity index (χ1) is 10.4. The zero-order valence-corrected chi connectivity index (χ0v) is 18.5. The highest BCUT2D eigenvalue weighted by molar-refractivity contribution is 14.0. The molecule has 0 aromatic carbocycles. The second-order valence-corrected chi connectivity index (χ2v) is 6.65. The van der Waals surface area contributed by atoms with Gasteiger partial charge in [-0.3, -0.25) is 9.89 Å². The van der Waals surface area contributed by atoms with Crippen LogP contribution < -0.4 is 10.6 Å². The zero-order chi connectivity index (χ0) is 17.0. The molecular formula is C17H39IN4O. The van der Waals surface area contributed by atoms with Gasteiger partial charge in [-0.05, 0) is 40.0 Å². The summed E-state index contributed by atoms with van der Waals surface area (Å²) in [5, 5.41) is 6.65. The highest BCUT2D eigenvalue weighted by Gasteiger charge is 2.12. The maximum atomic E-state index is 5.59. The Kier molecular flexibility index (Phi) is 16.9. The van der Waals surface area contributed by atoms with E-state index in [0.29, 0.717) is 18.0 Å². The molecule has 0 unspecified atom stereocenters. The molecule has 5 nitrogen and oxygen atoms in total. The minimum atomic E-state index is 0. The highest BCUT2D eigenvalue weighted by Crippen LogP contribution is 2.03. The standard InChI is InChI=1S/C17H38N4O.HI/c1-14(2)8-12-22-13-10-20-17(18-7)19-9-11-21(15(3)4)16(5)6;/h14-16H,8-13H2,1-7H3,(H2,18,19,20);1H. The molecule has 0 radical (unpaired) electrons. The Morgan fingerprint density at radius 1 is 0.957 bits per heavy atom. The smallest absolute Gasteiger partial charge is 0.191 e. The van der Waals surface area contributed by atoms with E-state index in [4.69, 9.17) is 4.74 Å². The molecule has 0 amide bonds. The van der Waals surface area contributed by atoms with Crippen molar-refractivity contribution >= 4 is 29.9 Å². The summed E-state index contributed by atoms with van der Waals surface area (Å²) in [7, 11) is 1.80. The van der Waals surface area contributed by atoms with E-state index < -0.39 is 0 Å². The number of hydrogen-bond acceptors (Lipinski definition) is 3. The van der Waals surface area contributed by atoms with Crippen molar-refractivity contribution in [1.29, 1.82) is 0 Å². The Bertz CT molecular complexity index is 288. The van der Waals surface area contributed by atoms with Gasteiger partial charge in [-0.25, -0.2) is 0 Å². The molecule has 0 saturated heterocycles. The first-order valence-electron chi connectivity index (χ1n) is 8.66. The van der Waals surface area contributed by atoms with Crippen LogP contribution in [0.15, 0.2) is 4.99 Å². The van der Waals surface area contributed by atoms with Gasteiger partial charge in [0.25, 0.3) is 0 Å². The maximum absolute atomic E-state index is 5.59. The molecule has 0 heterocycles. The van der Waals surface area contributed by atoms with Crippen LogP contribution in [0.3, 0.4) is 0 Å². The Morgan fingerprint density at radius 2 is 1.52 bits per heavy atom. The molecule has 0 aliphatic rings. The topological polar surface area (TPSA) is 48.9 Å². The second-order valence-electron chi connectivity index (χ2n) is 6.65. The third-order valence-corrected chi connectivity index (χ3v) is 3.59. The van der Waals surface area contributed by atoms with E-state index in [0.717, 1.165) is 45.2 Å². The van der Waals surface area contributed by atoms with Crippen LogP contribution in [0.1, 0.15) is 48.0 Å². The molecule has 2 N–H and O–H groups in total. The van der Waals surface area contributed by atoms with Crippen molar-refractivity contribution in [2.24, 2.45) is 10.9 Å². The minimum Gasteiger partial charge on any atom is -0.380 e. The van der Waals surface area contributed by atoms with Gasteiger partial charge in [-0.2, -0.15) is 0 Å². The number of hydrogen-bond donors (Lipinski definition) is 2. The Balaban J connectivity index is 0. The average molecular weight is 442 g/mol. The van der Waals surface area contributed by atoms with Crippen LogP contribution in [0, 0.1) is 5.92 Å². The van der Waals surface area contributed by atoms with E-state index in [2.05, 4.69) is 62.1 Å². The summed E-state index contributed by atoms with van der Waals surface area (Å²) >= 11 is 0. The number of nitrogens with one attached hydrogen (secondary N) is 2. The van der Waals surface area contributed by atoms with Crippen molar-refractivity contribution in [1.82, 2.24) is 15.5 Å². The third-order valence-electron chi connectivity index (χ3n) is 3.59. The van der Waals surface area contributed by atoms with Crippen molar-refractivity contribution in [3.63, 3.8) is 0 Å². The second kappa shape index (κ2) is 15.4. The number of guanidine groups is 1. The molecule has 23 heavy (non-hydrogen) atoms. The molecule has 6 heteroatoms. The summed E-state index contributed by atoms with van der Waals surface area (Å²) in [6.45, 7) is 17.6. The molecule has 0 aliphatic heterocycles. The summed E-state index contributed by atoms with van der Waals surface area (Å²) in [5.74, 6) is 1.55. The van der Waals surface area contributed by atoms with Crippen LogP contribution in [0.2, 0.25) is 0 Å². The monoisotopic (exact) mass is 442 g/mol. The molecular weight excluding hydrogens is 403 g/mol. The summed E-state index contributed by atoms with van der Waals surface area (Å²) < 4.78 is 5.59. The first-order valence-corrected chi connectivity index (χ1v) is 8.66. The van der Waals surface area contributed by atoms with Crippen molar-refractivity contribution < 1.29 is 4.74 Å². The molecule has 0 aliphatic carbocycles. The Hall–Kier alpha value is -0.0800. The average Bonchev–Trinajstić information content (AvgIpc) is 2.43. The van der Waals surface area contributed by atoms with Crippen molar-refractivity contribution in [3.05, 3.63) is 0 Å². The first kappa shape index (κ1) is 25.2. The van der Waals surface area contributed by atoms with Crippen LogP contribution in [0.25, 0.3) is 0 Å². The van der Waals surface area contributed by atoms with Gasteiger partial charge >= 0.3 is 0 Å². The third kappa shape index (κ3) is 14.0. The van der Waals surface area contributed by atoms with E-state index in [-0.39, 0.29) is 24.0 Å². The van der Waals surface area contributed by atoms with Gasteiger partial charge in [0.2, 0.25) is 0 Å². The summed E-state index contributed by atoms with van der Waals surface area (Å²) in [5.41, 5.74) is 0. The lowest BCUT2D eigenvalue weighted by molar-refractivity contribution is 0.128. The van der Waals surface area contributed by atoms with Gasteiger partial charge in [0, 0.05) is 45.4 Å². The fourth-order valence-corrected chi connectivity index (χ4v) is 2.30. The quantitative estimate of drug-likeness (QED) is 0.224. The van der Waals surface area contributed by atoms with Crippen LogP contribution in [-0.4, -0.2) is 62.8 Å². The van der Waals surface area contributed by atoms with Gasteiger partial charge < -0.3 is 15.4 Å². The van der Waals surface area contributed by atoms with Crippen LogP contribution in [0.4, 0.5) is 0 Å². The number of rotatable bonds is 11. The Morgan fingerprint density at radius 3 is 2.00 bits per heavy atom. The molecule has 0 aromatic rings. The van der Waals surface area contributed by atoms with Gasteiger partial charge in [-0.15, -0.1) is 24.0 Å². The lowest BCUT2D eigenvalue weighted by atomic mass is 10.1. The van der Waals surface area contributed by atoms with Crippen molar-refractivity contribution in [2.45, 2.75) is 60.0 Å². The summed E-state index contributed by atoms with van der Waals surface area (Å²) in [4.78, 5) is 6.71. The van der Waals surface area contributed by atoms with E-state index in [1.54, 1.807) is 7.05 Å². The lowest BCUT2D eigenvalue weighted by Crippen LogP contribution is -2.45. The molecule has 0 saturated carbocycles. The molecule has 0 fully saturated rings.